The number of hydrogen-bond acceptors (Lipinski definition) is 15. The third-order valence-corrected chi connectivity index (χ3v) is 19.4. The van der Waals surface area contributed by atoms with Crippen LogP contribution in [-0.4, -0.2) is 162 Å². The lowest BCUT2D eigenvalue weighted by Crippen LogP contribution is -2.86. The lowest BCUT2D eigenvalue weighted by atomic mass is 10.1. The molecule has 21 nitrogen and oxygen atoms in total. The number of amides is 6. The Hall–Kier alpha value is -3.25. The Morgan fingerprint density at radius 1 is 0.586 bits per heavy atom. The molecule has 2 fully saturated rings. The van der Waals surface area contributed by atoms with Crippen LogP contribution in [0, 0.1) is 0 Å². The van der Waals surface area contributed by atoms with Gasteiger partial charge in [0.2, 0.25) is 0 Å². The monoisotopic (exact) mass is 879 g/mol. The van der Waals surface area contributed by atoms with E-state index in [2.05, 4.69) is 13.2 Å². The predicted molar refractivity (Wildman–Crippen MR) is 217 cm³/mol. The summed E-state index contributed by atoms with van der Waals surface area (Å²) in [5.41, 5.74) is -2.65. The van der Waals surface area contributed by atoms with E-state index in [0.717, 1.165) is 25.0 Å². The average molecular weight is 880 g/mol. The van der Waals surface area contributed by atoms with Crippen molar-refractivity contribution in [2.45, 2.75) is 76.4 Å². The molecule has 1 aromatic rings. The molecule has 0 bridgehead atoms. The van der Waals surface area contributed by atoms with E-state index in [1.54, 1.807) is 0 Å². The van der Waals surface area contributed by atoms with Crippen LogP contribution in [0.3, 0.4) is 0 Å². The SMILES string of the molecule is C=CCn1c(=O)n(CC=C)c(=O)n(CCC[Si](OC)(OC)OC)c1=O.CCCCN1C(=O)N(CCC[Si](OC)(OC)OC)C(=O)[N+]2(CCC2[Si](OC)(OC)OC)C1=O. The second-order valence-electron chi connectivity index (χ2n) is 13.2. The Morgan fingerprint density at radius 2 is 0.966 bits per heavy atom. The van der Waals surface area contributed by atoms with Gasteiger partial charge in [0.15, 0.2) is 5.67 Å². The van der Waals surface area contributed by atoms with Crippen LogP contribution in [0.2, 0.25) is 12.1 Å². The summed E-state index contributed by atoms with van der Waals surface area (Å²) in [6, 6.07) is -0.885. The van der Waals surface area contributed by atoms with Crippen molar-refractivity contribution in [3.05, 3.63) is 56.8 Å². The molecule has 0 saturated carbocycles. The molecule has 6 amide bonds. The molecule has 2 saturated heterocycles. The third kappa shape index (κ3) is 10.2. The van der Waals surface area contributed by atoms with Crippen molar-refractivity contribution < 1.29 is 58.7 Å². The van der Waals surface area contributed by atoms with Gasteiger partial charge >= 0.3 is 61.6 Å². The zero-order valence-electron chi connectivity index (χ0n) is 35.6. The second-order valence-corrected chi connectivity index (χ2v) is 22.5. The van der Waals surface area contributed by atoms with Gasteiger partial charge in [0.25, 0.3) is 0 Å². The van der Waals surface area contributed by atoms with Gasteiger partial charge in [-0.25, -0.2) is 52.3 Å². The van der Waals surface area contributed by atoms with Crippen LogP contribution >= 0.6 is 0 Å². The first-order valence-corrected chi connectivity index (χ1v) is 24.5. The van der Waals surface area contributed by atoms with Crippen molar-refractivity contribution in [3.8, 4) is 0 Å². The number of hydrogen-bond donors (Lipinski definition) is 0. The number of carbonyl (C=O) groups excluding carboxylic acids is 3. The van der Waals surface area contributed by atoms with Crippen LogP contribution in [0.25, 0.3) is 0 Å². The van der Waals surface area contributed by atoms with Gasteiger partial charge in [0.1, 0.15) is 6.54 Å². The molecule has 2 atom stereocenters. The van der Waals surface area contributed by atoms with Crippen LogP contribution < -0.4 is 17.1 Å². The minimum absolute atomic E-state index is 0.0159. The summed E-state index contributed by atoms with van der Waals surface area (Å²) >= 11 is 0. The molecule has 1 aromatic heterocycles. The lowest BCUT2D eigenvalue weighted by molar-refractivity contribution is -0.839. The molecular weight excluding hydrogens is 817 g/mol. The Bertz CT molecular complexity index is 1670. The first kappa shape index (κ1) is 50.9. The number of unbranched alkanes of at least 4 members (excludes halogenated alkanes) is 1. The molecule has 0 radical (unpaired) electrons. The maximum Gasteiger partial charge on any atom is 0.563 e. The molecule has 330 valence electrons. The van der Waals surface area contributed by atoms with Crippen molar-refractivity contribution in [1.29, 1.82) is 0 Å². The van der Waals surface area contributed by atoms with Gasteiger partial charge in [0, 0.05) is 95.7 Å². The Labute approximate surface area is 342 Å². The summed E-state index contributed by atoms with van der Waals surface area (Å²) < 4.78 is 51.5. The Kier molecular flexibility index (Phi) is 20.1. The summed E-state index contributed by atoms with van der Waals surface area (Å²) in [7, 11) is 4.34. The van der Waals surface area contributed by atoms with E-state index in [-0.39, 0.29) is 39.3 Å². The molecule has 2 unspecified atom stereocenters. The fourth-order valence-corrected chi connectivity index (χ4v) is 13.2. The first-order chi connectivity index (χ1) is 27.6. The normalized spacial score (nSPS) is 18.7. The average Bonchev–Trinajstić information content (AvgIpc) is 3.23. The zero-order chi connectivity index (χ0) is 43.9. The summed E-state index contributed by atoms with van der Waals surface area (Å²) in [5.74, 6) is 0. The highest BCUT2D eigenvalue weighted by atomic mass is 28.4. The topological polar surface area (TPSA) is 207 Å². The maximum absolute atomic E-state index is 13.7. The molecule has 0 N–H and O–H groups in total. The highest BCUT2D eigenvalue weighted by Gasteiger charge is 2.75. The largest absolute Gasteiger partial charge is 0.563 e. The van der Waals surface area contributed by atoms with Gasteiger partial charge in [-0.1, -0.05) is 25.5 Å². The van der Waals surface area contributed by atoms with Crippen molar-refractivity contribution >= 4 is 44.5 Å². The van der Waals surface area contributed by atoms with E-state index in [9.17, 15) is 28.8 Å². The van der Waals surface area contributed by atoms with Crippen molar-refractivity contribution in [2.24, 2.45) is 0 Å². The number of allylic oxidation sites excluding steroid dienone is 2. The summed E-state index contributed by atoms with van der Waals surface area (Å²) in [6.07, 6.45) is 5.61. The number of nitrogens with zero attached hydrogens (tertiary/aromatic N) is 6. The van der Waals surface area contributed by atoms with Gasteiger partial charge in [0.05, 0.1) is 19.5 Å². The Balaban J connectivity index is 0.000000416. The number of aromatic nitrogens is 3. The minimum atomic E-state index is -3.36. The number of carbonyl (C=O) groups is 3. The number of imide groups is 3. The molecule has 0 aliphatic carbocycles. The summed E-state index contributed by atoms with van der Waals surface area (Å²) in [6.45, 7) is 9.78. The lowest BCUT2D eigenvalue weighted by Gasteiger charge is -2.54. The Morgan fingerprint density at radius 3 is 1.29 bits per heavy atom. The summed E-state index contributed by atoms with van der Waals surface area (Å²) in [4.78, 5) is 80.2. The number of quaternary nitrogens is 1. The van der Waals surface area contributed by atoms with Gasteiger partial charge < -0.3 is 39.8 Å². The van der Waals surface area contributed by atoms with Gasteiger partial charge in [-0.3, -0.25) is 0 Å². The van der Waals surface area contributed by atoms with E-state index in [1.165, 1.54) is 81.0 Å². The van der Waals surface area contributed by atoms with Gasteiger partial charge in [-0.15, -0.1) is 13.2 Å². The van der Waals surface area contributed by atoms with Crippen LogP contribution in [0.1, 0.15) is 39.0 Å². The fourth-order valence-electron chi connectivity index (χ4n) is 7.06. The minimum Gasteiger partial charge on any atom is -0.377 e. The fraction of sp³-hybridized carbons (Fsp3) is 0.706. The summed E-state index contributed by atoms with van der Waals surface area (Å²) in [5, 5.41) is 0. The molecular formula is C34H63N6O15Si3+. The van der Waals surface area contributed by atoms with E-state index < -0.39 is 71.7 Å². The molecule has 3 heterocycles. The van der Waals surface area contributed by atoms with E-state index >= 15 is 0 Å². The predicted octanol–water partition coefficient (Wildman–Crippen LogP) is 1.85. The molecule has 3 rings (SSSR count). The maximum atomic E-state index is 13.7. The van der Waals surface area contributed by atoms with Crippen molar-refractivity contribution in [1.82, 2.24) is 23.5 Å². The second kappa shape index (κ2) is 22.9. The molecule has 58 heavy (non-hydrogen) atoms. The van der Waals surface area contributed by atoms with Gasteiger partial charge in [-0.2, -0.15) is 4.48 Å². The third-order valence-electron chi connectivity index (χ3n) is 10.5. The molecule has 0 aromatic carbocycles. The molecule has 24 heteroatoms. The smallest absolute Gasteiger partial charge is 0.377 e. The first-order valence-electron chi connectivity index (χ1n) is 18.8. The van der Waals surface area contributed by atoms with Gasteiger partial charge in [-0.05, 0) is 19.3 Å². The van der Waals surface area contributed by atoms with Crippen molar-refractivity contribution in [3.63, 3.8) is 0 Å². The highest BCUT2D eigenvalue weighted by Crippen LogP contribution is 2.41. The number of urea groups is 3. The molecule has 1 spiro atoms. The highest BCUT2D eigenvalue weighted by molar-refractivity contribution is 6.62. The van der Waals surface area contributed by atoms with Crippen LogP contribution in [0.4, 0.5) is 14.4 Å². The van der Waals surface area contributed by atoms with E-state index in [4.69, 9.17) is 39.8 Å². The zero-order valence-corrected chi connectivity index (χ0v) is 38.6. The van der Waals surface area contributed by atoms with Crippen LogP contribution in [0.15, 0.2) is 39.7 Å². The van der Waals surface area contributed by atoms with E-state index in [1.807, 2.05) is 6.92 Å². The quantitative estimate of drug-likeness (QED) is 0.0781. The molecule has 2 aliphatic heterocycles. The van der Waals surface area contributed by atoms with E-state index in [0.29, 0.717) is 37.8 Å². The van der Waals surface area contributed by atoms with Crippen LogP contribution in [-0.2, 0) is 59.5 Å². The van der Waals surface area contributed by atoms with Crippen LogP contribution in [0.5, 0.6) is 0 Å². The standard InChI is InChI=1S/C19H38N3O9Si2.C15H25N3O6Si/c1-8-9-12-20-17(23)21(13-10-15-32(26-2,27-3)28-4)19(25)22(18(20)24)14-11-16(22)33(29-5,30-6)31-7;1-6-9-16-13(19)17(10-7-2)15(21)18(14(16)20)11-8-12-25(22-3,23-4)24-5/h16H,8-15H2,1-7H3;6-7H,1-2,8-12H2,3-5H3/q+1;. The number of rotatable bonds is 25. The molecule has 2 aliphatic rings. The van der Waals surface area contributed by atoms with Crippen molar-refractivity contribution in [2.75, 3.05) is 83.6 Å².